The largest absolute Gasteiger partial charge is 0.383 e. The van der Waals surface area contributed by atoms with Crippen LogP contribution in [0.25, 0.3) is 0 Å². The number of ether oxygens (including phenoxy) is 1. The highest BCUT2D eigenvalue weighted by Crippen LogP contribution is 2.24. The highest BCUT2D eigenvalue weighted by molar-refractivity contribution is 7.91. The highest BCUT2D eigenvalue weighted by Gasteiger charge is 2.29. The van der Waals surface area contributed by atoms with Gasteiger partial charge in [0, 0.05) is 25.4 Å². The molecule has 0 spiro atoms. The molecule has 0 amide bonds. The standard InChI is InChI=1S/C13H27NO3S/c1-4-6-12(10-17-2)14-11-7-5-8-13(9-11)18(3,15)16/h11-14H,4-10H2,1-3H3. The molecule has 1 aliphatic rings. The van der Waals surface area contributed by atoms with E-state index in [1.807, 2.05) is 0 Å². The Morgan fingerprint density at radius 1 is 1.39 bits per heavy atom. The number of hydrogen-bond donors (Lipinski definition) is 1. The maximum Gasteiger partial charge on any atom is 0.150 e. The summed E-state index contributed by atoms with van der Waals surface area (Å²) >= 11 is 0. The van der Waals surface area contributed by atoms with Crippen molar-refractivity contribution in [3.63, 3.8) is 0 Å². The molecule has 1 N–H and O–H groups in total. The molecule has 108 valence electrons. The Bertz CT molecular complexity index is 323. The van der Waals surface area contributed by atoms with Crippen LogP contribution in [0.4, 0.5) is 0 Å². The summed E-state index contributed by atoms with van der Waals surface area (Å²) < 4.78 is 28.4. The van der Waals surface area contributed by atoms with Crippen LogP contribution < -0.4 is 5.32 Å². The first-order valence-electron chi connectivity index (χ1n) is 6.91. The molecule has 1 fully saturated rings. The average molecular weight is 277 g/mol. The van der Waals surface area contributed by atoms with E-state index >= 15 is 0 Å². The molecule has 0 aromatic carbocycles. The summed E-state index contributed by atoms with van der Waals surface area (Å²) in [5, 5.41) is 3.41. The lowest BCUT2D eigenvalue weighted by Gasteiger charge is -2.32. The van der Waals surface area contributed by atoms with Crippen molar-refractivity contribution in [1.29, 1.82) is 0 Å². The summed E-state index contributed by atoms with van der Waals surface area (Å²) in [6, 6.07) is 0.675. The second kappa shape index (κ2) is 7.46. The Labute approximate surface area is 111 Å². The van der Waals surface area contributed by atoms with Crippen molar-refractivity contribution in [3.05, 3.63) is 0 Å². The first-order valence-corrected chi connectivity index (χ1v) is 8.86. The van der Waals surface area contributed by atoms with Crippen LogP contribution in [0.3, 0.4) is 0 Å². The maximum absolute atomic E-state index is 11.6. The Kier molecular flexibility index (Phi) is 6.60. The summed E-state index contributed by atoms with van der Waals surface area (Å²) in [5.74, 6) is 0. The lowest BCUT2D eigenvalue weighted by Crippen LogP contribution is -2.45. The minimum atomic E-state index is -2.89. The van der Waals surface area contributed by atoms with Gasteiger partial charge in [-0.2, -0.15) is 0 Å². The fourth-order valence-corrected chi connectivity index (χ4v) is 3.96. The minimum Gasteiger partial charge on any atom is -0.383 e. The predicted octanol–water partition coefficient (Wildman–Crippen LogP) is 1.75. The van der Waals surface area contributed by atoms with Crippen molar-refractivity contribution in [2.24, 2.45) is 0 Å². The van der Waals surface area contributed by atoms with Crippen molar-refractivity contribution in [1.82, 2.24) is 5.32 Å². The van der Waals surface area contributed by atoms with E-state index in [1.54, 1.807) is 7.11 Å². The van der Waals surface area contributed by atoms with Gasteiger partial charge in [0.2, 0.25) is 0 Å². The van der Waals surface area contributed by atoms with Crippen molar-refractivity contribution in [3.8, 4) is 0 Å². The van der Waals surface area contributed by atoms with Crippen LogP contribution in [-0.2, 0) is 14.6 Å². The lowest BCUT2D eigenvalue weighted by molar-refractivity contribution is 0.151. The van der Waals surface area contributed by atoms with Crippen LogP contribution in [-0.4, -0.2) is 45.7 Å². The summed E-state index contributed by atoms with van der Waals surface area (Å²) in [6.07, 6.45) is 7.20. The molecule has 4 nitrogen and oxygen atoms in total. The molecule has 5 heteroatoms. The number of methoxy groups -OCH3 is 1. The van der Waals surface area contributed by atoms with E-state index in [0.717, 1.165) is 38.5 Å². The second-order valence-electron chi connectivity index (χ2n) is 5.42. The third-order valence-corrected chi connectivity index (χ3v) is 5.35. The third-order valence-electron chi connectivity index (χ3n) is 3.71. The molecule has 0 aromatic heterocycles. The maximum atomic E-state index is 11.6. The third kappa shape index (κ3) is 5.24. The molecule has 1 rings (SSSR count). The molecule has 0 saturated heterocycles. The Morgan fingerprint density at radius 3 is 2.67 bits per heavy atom. The van der Waals surface area contributed by atoms with Gasteiger partial charge in [0.15, 0.2) is 0 Å². The normalized spacial score (nSPS) is 27.1. The Hall–Kier alpha value is -0.130. The predicted molar refractivity (Wildman–Crippen MR) is 74.6 cm³/mol. The van der Waals surface area contributed by atoms with Crippen molar-refractivity contribution in [2.45, 2.75) is 62.8 Å². The summed E-state index contributed by atoms with van der Waals surface area (Å²) in [6.45, 7) is 2.86. The quantitative estimate of drug-likeness (QED) is 0.770. The zero-order valence-corrected chi connectivity index (χ0v) is 12.6. The highest BCUT2D eigenvalue weighted by atomic mass is 32.2. The van der Waals surface area contributed by atoms with Crippen molar-refractivity contribution in [2.75, 3.05) is 20.0 Å². The van der Waals surface area contributed by atoms with Gasteiger partial charge in [-0.3, -0.25) is 0 Å². The van der Waals surface area contributed by atoms with Gasteiger partial charge in [-0.1, -0.05) is 19.8 Å². The number of nitrogens with one attached hydrogen (secondary N) is 1. The van der Waals surface area contributed by atoms with Crippen LogP contribution >= 0.6 is 0 Å². The van der Waals surface area contributed by atoms with Gasteiger partial charge in [-0.05, 0) is 25.7 Å². The molecule has 0 radical (unpaired) electrons. The average Bonchev–Trinajstić information content (AvgIpc) is 2.29. The van der Waals surface area contributed by atoms with Gasteiger partial charge in [0.1, 0.15) is 9.84 Å². The van der Waals surface area contributed by atoms with Gasteiger partial charge >= 0.3 is 0 Å². The smallest absolute Gasteiger partial charge is 0.150 e. The molecule has 3 atom stereocenters. The minimum absolute atomic E-state index is 0.159. The van der Waals surface area contributed by atoms with E-state index in [1.165, 1.54) is 6.26 Å². The SMILES string of the molecule is CCCC(COC)NC1CCCC(S(C)(=O)=O)C1. The van der Waals surface area contributed by atoms with E-state index in [-0.39, 0.29) is 5.25 Å². The Morgan fingerprint density at radius 2 is 2.11 bits per heavy atom. The van der Waals surface area contributed by atoms with Crippen LogP contribution in [0, 0.1) is 0 Å². The van der Waals surface area contributed by atoms with Crippen LogP contribution in [0.5, 0.6) is 0 Å². The fourth-order valence-electron chi connectivity index (χ4n) is 2.78. The van der Waals surface area contributed by atoms with Crippen LogP contribution in [0.2, 0.25) is 0 Å². The first-order chi connectivity index (χ1) is 8.47. The number of sulfone groups is 1. The van der Waals surface area contributed by atoms with Gasteiger partial charge in [-0.25, -0.2) is 8.42 Å². The topological polar surface area (TPSA) is 55.4 Å². The fraction of sp³-hybridized carbons (Fsp3) is 1.00. The molecule has 18 heavy (non-hydrogen) atoms. The van der Waals surface area contributed by atoms with Gasteiger partial charge in [0.25, 0.3) is 0 Å². The zero-order chi connectivity index (χ0) is 13.6. The molecule has 0 aromatic rings. The van der Waals surface area contributed by atoms with Crippen molar-refractivity contribution < 1.29 is 13.2 Å². The monoisotopic (exact) mass is 277 g/mol. The first kappa shape index (κ1) is 15.9. The number of hydrogen-bond acceptors (Lipinski definition) is 4. The summed E-state index contributed by atoms with van der Waals surface area (Å²) in [5.41, 5.74) is 0. The number of rotatable bonds is 7. The lowest BCUT2D eigenvalue weighted by atomic mass is 9.94. The molecule has 1 aliphatic carbocycles. The van der Waals surface area contributed by atoms with Gasteiger partial charge < -0.3 is 10.1 Å². The molecule has 0 heterocycles. The summed E-state index contributed by atoms with van der Waals surface area (Å²) in [7, 11) is -1.18. The van der Waals surface area contributed by atoms with Gasteiger partial charge in [-0.15, -0.1) is 0 Å². The molecule has 3 unspecified atom stereocenters. The molecular weight excluding hydrogens is 250 g/mol. The van der Waals surface area contributed by atoms with E-state index < -0.39 is 9.84 Å². The van der Waals surface area contributed by atoms with E-state index in [4.69, 9.17) is 4.74 Å². The van der Waals surface area contributed by atoms with Crippen LogP contribution in [0.15, 0.2) is 0 Å². The summed E-state index contributed by atoms with van der Waals surface area (Å²) in [4.78, 5) is 0. The van der Waals surface area contributed by atoms with E-state index in [0.29, 0.717) is 18.7 Å². The molecule has 0 bridgehead atoms. The van der Waals surface area contributed by atoms with E-state index in [9.17, 15) is 8.42 Å². The molecule has 1 saturated carbocycles. The van der Waals surface area contributed by atoms with Crippen molar-refractivity contribution >= 4 is 9.84 Å². The van der Waals surface area contributed by atoms with Crippen LogP contribution in [0.1, 0.15) is 45.4 Å². The van der Waals surface area contributed by atoms with E-state index in [2.05, 4.69) is 12.2 Å². The molecule has 0 aliphatic heterocycles. The molecular formula is C13H27NO3S. The Balaban J connectivity index is 2.50. The zero-order valence-electron chi connectivity index (χ0n) is 11.8. The van der Waals surface area contributed by atoms with Gasteiger partial charge in [0.05, 0.1) is 11.9 Å². The second-order valence-corrected chi connectivity index (χ2v) is 7.75.